The van der Waals surface area contributed by atoms with E-state index in [0.717, 1.165) is 29.9 Å². The minimum absolute atomic E-state index is 0.209. The Morgan fingerprint density at radius 2 is 2.06 bits per heavy atom. The Morgan fingerprint density at radius 3 is 2.62 bits per heavy atom. The van der Waals surface area contributed by atoms with E-state index in [-0.39, 0.29) is 6.10 Å². The summed E-state index contributed by atoms with van der Waals surface area (Å²) < 4.78 is 11.1. The summed E-state index contributed by atoms with van der Waals surface area (Å²) >= 11 is 5.77. The predicted molar refractivity (Wildman–Crippen MR) is 67.5 cm³/mol. The number of halogens is 1. The van der Waals surface area contributed by atoms with Gasteiger partial charge in [0.25, 0.3) is 0 Å². The molecule has 0 spiro atoms. The third-order valence-corrected chi connectivity index (χ3v) is 2.71. The van der Waals surface area contributed by atoms with Crippen LogP contribution in [-0.4, -0.2) is 13.2 Å². The summed E-state index contributed by atoms with van der Waals surface area (Å²) in [5, 5.41) is 0. The second-order valence-corrected chi connectivity index (χ2v) is 4.10. The molecule has 0 aliphatic rings. The van der Waals surface area contributed by atoms with Crippen LogP contribution in [0.25, 0.3) is 0 Å². The van der Waals surface area contributed by atoms with Crippen molar-refractivity contribution in [3.63, 3.8) is 0 Å². The van der Waals surface area contributed by atoms with Crippen LogP contribution in [0.4, 0.5) is 0 Å². The number of hydrogen-bond donors (Lipinski definition) is 0. The van der Waals surface area contributed by atoms with Gasteiger partial charge in [0.15, 0.2) is 11.5 Å². The van der Waals surface area contributed by atoms with E-state index in [9.17, 15) is 0 Å². The van der Waals surface area contributed by atoms with Crippen LogP contribution < -0.4 is 9.47 Å². The summed E-state index contributed by atoms with van der Waals surface area (Å²) in [4.78, 5) is 0. The zero-order valence-electron chi connectivity index (χ0n) is 10.1. The van der Waals surface area contributed by atoms with Crippen molar-refractivity contribution in [1.82, 2.24) is 0 Å². The van der Waals surface area contributed by atoms with E-state index in [0.29, 0.717) is 5.88 Å². The number of rotatable bonds is 6. The molecule has 3 heteroatoms. The van der Waals surface area contributed by atoms with E-state index < -0.39 is 0 Å². The highest BCUT2D eigenvalue weighted by atomic mass is 35.5. The molecule has 0 saturated carbocycles. The normalized spacial score (nSPS) is 12.2. The molecule has 1 rings (SSSR count). The van der Waals surface area contributed by atoms with Gasteiger partial charge in [-0.05, 0) is 31.0 Å². The van der Waals surface area contributed by atoms with Gasteiger partial charge in [-0.25, -0.2) is 0 Å². The van der Waals surface area contributed by atoms with Crippen LogP contribution in [0.2, 0.25) is 0 Å². The molecule has 0 amide bonds. The Hall–Kier alpha value is -0.890. The molecule has 0 N–H and O–H groups in total. The Labute approximate surface area is 103 Å². The van der Waals surface area contributed by atoms with Gasteiger partial charge in [0.05, 0.1) is 13.2 Å². The van der Waals surface area contributed by atoms with E-state index in [1.54, 1.807) is 7.11 Å². The molecule has 0 heterocycles. The molecule has 0 fully saturated rings. The van der Waals surface area contributed by atoms with Crippen LogP contribution in [0, 0.1) is 0 Å². The fraction of sp³-hybridized carbons (Fsp3) is 0.538. The highest BCUT2D eigenvalue weighted by Crippen LogP contribution is 2.29. The zero-order valence-corrected chi connectivity index (χ0v) is 10.9. The first kappa shape index (κ1) is 13.2. The van der Waals surface area contributed by atoms with Gasteiger partial charge >= 0.3 is 0 Å². The summed E-state index contributed by atoms with van der Waals surface area (Å²) in [6.45, 7) is 4.21. The summed E-state index contributed by atoms with van der Waals surface area (Å²) in [6, 6.07) is 5.80. The number of methoxy groups -OCH3 is 1. The largest absolute Gasteiger partial charge is 0.493 e. The van der Waals surface area contributed by atoms with E-state index >= 15 is 0 Å². The maximum Gasteiger partial charge on any atom is 0.161 e. The van der Waals surface area contributed by atoms with Crippen LogP contribution in [0.5, 0.6) is 11.5 Å². The predicted octanol–water partition coefficient (Wildman–Crippen LogP) is 4.00. The van der Waals surface area contributed by atoms with Crippen LogP contribution in [0.15, 0.2) is 18.2 Å². The Kier molecular flexibility index (Phi) is 5.47. The SMILES string of the molecule is CCCC(C)Oc1ccc(CCl)cc1OC. The third-order valence-electron chi connectivity index (χ3n) is 2.41. The van der Waals surface area contributed by atoms with Gasteiger partial charge in [-0.3, -0.25) is 0 Å². The molecule has 0 bridgehead atoms. The molecule has 90 valence electrons. The number of hydrogen-bond acceptors (Lipinski definition) is 2. The monoisotopic (exact) mass is 242 g/mol. The molecule has 1 aromatic rings. The summed E-state index contributed by atoms with van der Waals surface area (Å²) in [6.07, 6.45) is 2.37. The molecule has 0 aromatic heterocycles. The van der Waals surface area contributed by atoms with Crippen molar-refractivity contribution in [2.45, 2.75) is 38.7 Å². The Balaban J connectivity index is 2.78. The molecular formula is C13H19ClO2. The van der Waals surface area contributed by atoms with Crippen molar-refractivity contribution >= 4 is 11.6 Å². The lowest BCUT2D eigenvalue weighted by Gasteiger charge is -2.16. The molecule has 0 radical (unpaired) electrons. The highest BCUT2D eigenvalue weighted by Gasteiger charge is 2.09. The average molecular weight is 243 g/mol. The second-order valence-electron chi connectivity index (χ2n) is 3.84. The lowest BCUT2D eigenvalue weighted by Crippen LogP contribution is -2.11. The van der Waals surface area contributed by atoms with Crippen molar-refractivity contribution in [3.05, 3.63) is 23.8 Å². The number of alkyl halides is 1. The number of ether oxygens (including phenoxy) is 2. The van der Waals surface area contributed by atoms with E-state index in [4.69, 9.17) is 21.1 Å². The lowest BCUT2D eigenvalue weighted by atomic mass is 10.2. The first-order valence-corrected chi connectivity index (χ1v) is 6.14. The first-order valence-electron chi connectivity index (χ1n) is 5.60. The molecule has 0 saturated heterocycles. The number of benzene rings is 1. The quantitative estimate of drug-likeness (QED) is 0.702. The van der Waals surface area contributed by atoms with Gasteiger partial charge in [-0.2, -0.15) is 0 Å². The van der Waals surface area contributed by atoms with Gasteiger partial charge in [-0.15, -0.1) is 11.6 Å². The zero-order chi connectivity index (χ0) is 12.0. The van der Waals surface area contributed by atoms with Gasteiger partial charge in [-0.1, -0.05) is 19.4 Å². The standard InChI is InChI=1S/C13H19ClO2/c1-4-5-10(2)16-12-7-6-11(9-14)8-13(12)15-3/h6-8,10H,4-5,9H2,1-3H3. The molecule has 0 aliphatic carbocycles. The smallest absolute Gasteiger partial charge is 0.161 e. The highest BCUT2D eigenvalue weighted by molar-refractivity contribution is 6.17. The van der Waals surface area contributed by atoms with Crippen LogP contribution in [0.3, 0.4) is 0 Å². The van der Waals surface area contributed by atoms with Crippen molar-refractivity contribution in [2.24, 2.45) is 0 Å². The van der Waals surface area contributed by atoms with Crippen LogP contribution >= 0.6 is 11.6 Å². The van der Waals surface area contributed by atoms with Crippen LogP contribution in [-0.2, 0) is 5.88 Å². The third kappa shape index (κ3) is 3.60. The Bertz CT molecular complexity index is 326. The molecule has 1 aromatic carbocycles. The average Bonchev–Trinajstić information content (AvgIpc) is 2.30. The molecule has 0 aliphatic heterocycles. The Morgan fingerprint density at radius 1 is 1.31 bits per heavy atom. The molecule has 1 atom stereocenters. The topological polar surface area (TPSA) is 18.5 Å². The summed E-state index contributed by atoms with van der Waals surface area (Å²) in [5.74, 6) is 2.03. The fourth-order valence-electron chi connectivity index (χ4n) is 1.57. The van der Waals surface area contributed by atoms with Gasteiger partial charge in [0, 0.05) is 5.88 Å². The molecule has 2 nitrogen and oxygen atoms in total. The van der Waals surface area contributed by atoms with E-state index in [1.165, 1.54) is 0 Å². The lowest BCUT2D eigenvalue weighted by molar-refractivity contribution is 0.201. The van der Waals surface area contributed by atoms with Gasteiger partial charge < -0.3 is 9.47 Å². The molecular weight excluding hydrogens is 224 g/mol. The second kappa shape index (κ2) is 6.64. The minimum atomic E-state index is 0.209. The molecule has 16 heavy (non-hydrogen) atoms. The maximum absolute atomic E-state index is 5.81. The van der Waals surface area contributed by atoms with Gasteiger partial charge in [0.2, 0.25) is 0 Å². The summed E-state index contributed by atoms with van der Waals surface area (Å²) in [5.41, 5.74) is 1.04. The van der Waals surface area contributed by atoms with Crippen molar-refractivity contribution < 1.29 is 9.47 Å². The maximum atomic E-state index is 5.81. The van der Waals surface area contributed by atoms with Crippen LogP contribution in [0.1, 0.15) is 32.3 Å². The van der Waals surface area contributed by atoms with Crippen molar-refractivity contribution in [2.75, 3.05) is 7.11 Å². The van der Waals surface area contributed by atoms with E-state index in [1.807, 2.05) is 18.2 Å². The van der Waals surface area contributed by atoms with Crippen molar-refractivity contribution in [1.29, 1.82) is 0 Å². The first-order chi connectivity index (χ1) is 7.71. The van der Waals surface area contributed by atoms with E-state index in [2.05, 4.69) is 13.8 Å². The minimum Gasteiger partial charge on any atom is -0.493 e. The van der Waals surface area contributed by atoms with Gasteiger partial charge in [0.1, 0.15) is 0 Å². The summed E-state index contributed by atoms with van der Waals surface area (Å²) in [7, 11) is 1.64. The molecule has 1 unspecified atom stereocenters. The van der Waals surface area contributed by atoms with Crippen molar-refractivity contribution in [3.8, 4) is 11.5 Å². The fourth-order valence-corrected chi connectivity index (χ4v) is 1.74.